The quantitative estimate of drug-likeness (QED) is 0.584. The van der Waals surface area contributed by atoms with E-state index in [-0.39, 0.29) is 0 Å². The third-order valence-electron chi connectivity index (χ3n) is 4.21. The van der Waals surface area contributed by atoms with Crippen molar-refractivity contribution in [3.63, 3.8) is 0 Å². The summed E-state index contributed by atoms with van der Waals surface area (Å²) in [5.74, 6) is 0.994. The van der Waals surface area contributed by atoms with Crippen molar-refractivity contribution >= 4 is 0 Å². The van der Waals surface area contributed by atoms with Crippen LogP contribution in [0.15, 0.2) is 0 Å². The fourth-order valence-electron chi connectivity index (χ4n) is 3.15. The van der Waals surface area contributed by atoms with Gasteiger partial charge < -0.3 is 5.32 Å². The van der Waals surface area contributed by atoms with Crippen molar-refractivity contribution in [1.29, 1.82) is 0 Å². The topological polar surface area (TPSA) is 12.0 Å². The summed E-state index contributed by atoms with van der Waals surface area (Å²) in [5, 5.41) is 3.48. The van der Waals surface area contributed by atoms with Crippen LogP contribution in [-0.2, 0) is 0 Å². The van der Waals surface area contributed by atoms with Crippen molar-refractivity contribution in [1.82, 2.24) is 5.32 Å². The summed E-state index contributed by atoms with van der Waals surface area (Å²) in [7, 11) is 0. The maximum Gasteiger partial charge on any atom is -0.00435 e. The zero-order valence-corrected chi connectivity index (χ0v) is 8.23. The highest BCUT2D eigenvalue weighted by molar-refractivity contribution is 4.91. The molecule has 0 aromatic carbocycles. The summed E-state index contributed by atoms with van der Waals surface area (Å²) < 4.78 is 0. The SMILES string of the molecule is C[C@@H]1CCCCC12CCNCC2. The zero-order chi connectivity index (χ0) is 8.44. The average molecular weight is 167 g/mol. The van der Waals surface area contributed by atoms with E-state index >= 15 is 0 Å². The maximum atomic E-state index is 3.48. The number of hydrogen-bond donors (Lipinski definition) is 1. The molecule has 1 atom stereocenters. The van der Waals surface area contributed by atoms with Crippen LogP contribution >= 0.6 is 0 Å². The highest BCUT2D eigenvalue weighted by Crippen LogP contribution is 2.47. The van der Waals surface area contributed by atoms with Gasteiger partial charge in [-0.1, -0.05) is 26.2 Å². The molecule has 1 saturated heterocycles. The highest BCUT2D eigenvalue weighted by atomic mass is 14.9. The van der Waals surface area contributed by atoms with Crippen molar-refractivity contribution in [3.05, 3.63) is 0 Å². The highest BCUT2D eigenvalue weighted by Gasteiger charge is 2.38. The van der Waals surface area contributed by atoms with Crippen LogP contribution in [-0.4, -0.2) is 13.1 Å². The van der Waals surface area contributed by atoms with Gasteiger partial charge in [0.15, 0.2) is 0 Å². The molecule has 12 heavy (non-hydrogen) atoms. The van der Waals surface area contributed by atoms with Crippen LogP contribution in [0.25, 0.3) is 0 Å². The first-order valence-electron chi connectivity index (χ1n) is 5.54. The van der Waals surface area contributed by atoms with Crippen molar-refractivity contribution in [2.75, 3.05) is 13.1 Å². The molecule has 1 heterocycles. The largest absolute Gasteiger partial charge is 0.317 e. The standard InChI is InChI=1S/C11H21N/c1-10-4-2-3-5-11(10)6-8-12-9-7-11/h10,12H,2-9H2,1H3/t10-/m1/s1. The van der Waals surface area contributed by atoms with Gasteiger partial charge in [0.1, 0.15) is 0 Å². The average Bonchev–Trinajstić information content (AvgIpc) is 2.12. The molecule has 0 unspecified atom stereocenters. The maximum absolute atomic E-state index is 3.48. The van der Waals surface area contributed by atoms with Gasteiger partial charge in [0.2, 0.25) is 0 Å². The third-order valence-corrected chi connectivity index (χ3v) is 4.21. The second kappa shape index (κ2) is 3.37. The Balaban J connectivity index is 2.04. The molecule has 1 saturated carbocycles. The molecule has 0 bridgehead atoms. The minimum atomic E-state index is 0.753. The summed E-state index contributed by atoms with van der Waals surface area (Å²) in [5.41, 5.74) is 0.753. The van der Waals surface area contributed by atoms with Gasteiger partial charge in [-0.15, -0.1) is 0 Å². The first-order valence-corrected chi connectivity index (χ1v) is 5.54. The van der Waals surface area contributed by atoms with E-state index in [1.54, 1.807) is 0 Å². The van der Waals surface area contributed by atoms with Crippen molar-refractivity contribution < 1.29 is 0 Å². The molecule has 1 spiro atoms. The van der Waals surface area contributed by atoms with Gasteiger partial charge >= 0.3 is 0 Å². The lowest BCUT2D eigenvalue weighted by Crippen LogP contribution is -2.42. The van der Waals surface area contributed by atoms with Gasteiger partial charge in [0.25, 0.3) is 0 Å². The fraction of sp³-hybridized carbons (Fsp3) is 1.00. The number of hydrogen-bond acceptors (Lipinski definition) is 1. The Kier molecular flexibility index (Phi) is 2.40. The van der Waals surface area contributed by atoms with E-state index in [4.69, 9.17) is 0 Å². The summed E-state index contributed by atoms with van der Waals surface area (Å²) >= 11 is 0. The molecule has 1 heteroatoms. The zero-order valence-electron chi connectivity index (χ0n) is 8.23. The molecule has 1 nitrogen and oxygen atoms in total. The Morgan fingerprint density at radius 1 is 1.08 bits per heavy atom. The predicted octanol–water partition coefficient (Wildman–Crippen LogP) is 2.57. The lowest BCUT2D eigenvalue weighted by molar-refractivity contribution is 0.0671. The van der Waals surface area contributed by atoms with Crippen molar-refractivity contribution in [2.24, 2.45) is 11.3 Å². The number of nitrogens with one attached hydrogen (secondary N) is 1. The van der Waals surface area contributed by atoms with Crippen LogP contribution in [0.4, 0.5) is 0 Å². The molecule has 2 rings (SSSR count). The summed E-state index contributed by atoms with van der Waals surface area (Å²) in [6.45, 7) is 5.01. The molecule has 1 aliphatic carbocycles. The molecule has 2 fully saturated rings. The molecule has 0 aromatic heterocycles. The normalized spacial score (nSPS) is 35.2. The number of piperidine rings is 1. The van der Waals surface area contributed by atoms with Crippen molar-refractivity contribution in [3.8, 4) is 0 Å². The van der Waals surface area contributed by atoms with E-state index < -0.39 is 0 Å². The fourth-order valence-corrected chi connectivity index (χ4v) is 3.15. The smallest absolute Gasteiger partial charge is 0.00435 e. The van der Waals surface area contributed by atoms with Gasteiger partial charge in [-0.05, 0) is 43.7 Å². The van der Waals surface area contributed by atoms with E-state index in [1.807, 2.05) is 0 Å². The minimum Gasteiger partial charge on any atom is -0.317 e. The van der Waals surface area contributed by atoms with Crippen LogP contribution in [0.5, 0.6) is 0 Å². The minimum absolute atomic E-state index is 0.753. The van der Waals surface area contributed by atoms with E-state index in [0.29, 0.717) is 0 Å². The second-order valence-electron chi connectivity index (χ2n) is 4.76. The molecule has 1 aliphatic heterocycles. The lowest BCUT2D eigenvalue weighted by Gasteiger charge is -2.45. The Bertz CT molecular complexity index is 139. The van der Waals surface area contributed by atoms with E-state index in [1.165, 1.54) is 51.6 Å². The van der Waals surface area contributed by atoms with Gasteiger partial charge in [-0.2, -0.15) is 0 Å². The summed E-state index contributed by atoms with van der Waals surface area (Å²) in [6, 6.07) is 0. The molecule has 0 amide bonds. The first kappa shape index (κ1) is 8.55. The molecule has 0 radical (unpaired) electrons. The van der Waals surface area contributed by atoms with Crippen molar-refractivity contribution in [2.45, 2.75) is 45.4 Å². The van der Waals surface area contributed by atoms with Gasteiger partial charge in [0, 0.05) is 0 Å². The van der Waals surface area contributed by atoms with Crippen LogP contribution < -0.4 is 5.32 Å². The lowest BCUT2D eigenvalue weighted by atomic mass is 9.62. The summed E-state index contributed by atoms with van der Waals surface area (Å²) in [6.07, 6.45) is 8.85. The Hall–Kier alpha value is -0.0400. The van der Waals surface area contributed by atoms with Crippen LogP contribution in [0.3, 0.4) is 0 Å². The third kappa shape index (κ3) is 1.39. The van der Waals surface area contributed by atoms with E-state index in [9.17, 15) is 0 Å². The van der Waals surface area contributed by atoms with Gasteiger partial charge in [0.05, 0.1) is 0 Å². The Morgan fingerprint density at radius 3 is 2.50 bits per heavy atom. The first-order chi connectivity index (χ1) is 5.83. The molecular weight excluding hydrogens is 146 g/mol. The molecule has 70 valence electrons. The second-order valence-corrected chi connectivity index (χ2v) is 4.76. The molecule has 2 aliphatic rings. The Morgan fingerprint density at radius 2 is 1.83 bits per heavy atom. The van der Waals surface area contributed by atoms with Gasteiger partial charge in [-0.3, -0.25) is 0 Å². The van der Waals surface area contributed by atoms with E-state index in [0.717, 1.165) is 11.3 Å². The van der Waals surface area contributed by atoms with Crippen LogP contribution in [0.2, 0.25) is 0 Å². The number of rotatable bonds is 0. The van der Waals surface area contributed by atoms with Gasteiger partial charge in [-0.25, -0.2) is 0 Å². The van der Waals surface area contributed by atoms with E-state index in [2.05, 4.69) is 12.2 Å². The molecule has 0 aromatic rings. The van der Waals surface area contributed by atoms with Crippen LogP contribution in [0.1, 0.15) is 45.4 Å². The Labute approximate surface area is 75.9 Å². The molecular formula is C11H21N. The summed E-state index contributed by atoms with van der Waals surface area (Å²) in [4.78, 5) is 0. The van der Waals surface area contributed by atoms with Crippen LogP contribution in [0, 0.1) is 11.3 Å². The monoisotopic (exact) mass is 167 g/mol. The predicted molar refractivity (Wildman–Crippen MR) is 52.2 cm³/mol. The molecule has 1 N–H and O–H groups in total.